The van der Waals surface area contributed by atoms with E-state index in [0.29, 0.717) is 12.4 Å². The van der Waals surface area contributed by atoms with Crippen LogP contribution in [0.4, 0.5) is 9.18 Å². The lowest BCUT2D eigenvalue weighted by Crippen LogP contribution is -2.39. The Bertz CT molecular complexity index is 579. The first-order valence-electron chi connectivity index (χ1n) is 6.39. The molecule has 20 heavy (non-hydrogen) atoms. The number of nitrogens with zero attached hydrogens (tertiary/aromatic N) is 2. The Balaban J connectivity index is 2.31. The molecular weight excluding hydrogens is 259 g/mol. The van der Waals surface area contributed by atoms with Gasteiger partial charge in [-0.1, -0.05) is 12.1 Å². The van der Waals surface area contributed by atoms with Crippen LogP contribution in [0.1, 0.15) is 24.4 Å². The van der Waals surface area contributed by atoms with Crippen LogP contribution in [0.2, 0.25) is 0 Å². The Labute approximate surface area is 116 Å². The van der Waals surface area contributed by atoms with Gasteiger partial charge >= 0.3 is 6.03 Å². The molecule has 5 nitrogen and oxygen atoms in total. The molecule has 106 valence electrons. The summed E-state index contributed by atoms with van der Waals surface area (Å²) in [6, 6.07) is 5.30. The highest BCUT2D eigenvalue weighted by Crippen LogP contribution is 2.20. The molecule has 0 saturated carbocycles. The number of rotatable bonds is 4. The third kappa shape index (κ3) is 3.14. The van der Waals surface area contributed by atoms with E-state index in [4.69, 9.17) is 0 Å². The lowest BCUT2D eigenvalue weighted by molar-refractivity contribution is 0.238. The minimum Gasteiger partial charge on any atom is -0.338 e. The zero-order chi connectivity index (χ0) is 14.5. The zero-order valence-corrected chi connectivity index (χ0v) is 11.4. The number of hydrogen-bond donors (Lipinski definition) is 2. The lowest BCUT2D eigenvalue weighted by Gasteiger charge is -2.19. The molecule has 1 aromatic heterocycles. The Morgan fingerprint density at radius 1 is 1.40 bits per heavy atom. The van der Waals surface area contributed by atoms with E-state index in [1.165, 1.54) is 12.1 Å². The monoisotopic (exact) mass is 276 g/mol. The summed E-state index contributed by atoms with van der Waals surface area (Å²) < 4.78 is 14.9. The summed E-state index contributed by atoms with van der Waals surface area (Å²) in [6.07, 6.45) is 3.45. The fraction of sp³-hybridized carbons (Fsp3) is 0.286. The first-order valence-corrected chi connectivity index (χ1v) is 6.39. The number of carbonyl (C=O) groups excluding carboxylic acids is 1. The van der Waals surface area contributed by atoms with E-state index in [1.54, 1.807) is 24.5 Å². The molecule has 0 aliphatic carbocycles. The summed E-state index contributed by atoms with van der Waals surface area (Å²) >= 11 is 0. The van der Waals surface area contributed by atoms with Crippen molar-refractivity contribution in [2.24, 2.45) is 7.05 Å². The van der Waals surface area contributed by atoms with Crippen molar-refractivity contribution >= 4 is 6.03 Å². The van der Waals surface area contributed by atoms with Crippen molar-refractivity contribution in [3.05, 3.63) is 53.9 Å². The minimum absolute atomic E-state index is 0.287. The van der Waals surface area contributed by atoms with Crippen LogP contribution < -0.4 is 10.6 Å². The summed E-state index contributed by atoms with van der Waals surface area (Å²) in [5, 5.41) is 5.52. The van der Waals surface area contributed by atoms with Gasteiger partial charge in [0.25, 0.3) is 0 Å². The number of urea groups is 1. The minimum atomic E-state index is -0.429. The topological polar surface area (TPSA) is 59.0 Å². The fourth-order valence-electron chi connectivity index (χ4n) is 1.95. The summed E-state index contributed by atoms with van der Waals surface area (Å²) in [7, 11) is 1.85. The van der Waals surface area contributed by atoms with Crippen molar-refractivity contribution in [1.29, 1.82) is 0 Å². The molecule has 1 unspecified atom stereocenters. The Morgan fingerprint density at radius 2 is 2.10 bits per heavy atom. The van der Waals surface area contributed by atoms with Crippen molar-refractivity contribution in [3.8, 4) is 0 Å². The van der Waals surface area contributed by atoms with E-state index in [-0.39, 0.29) is 11.8 Å². The molecule has 0 fully saturated rings. The SMILES string of the molecule is CCNC(=O)NC(c1ccc(F)cc1)c1nccn1C. The number of imidazole rings is 1. The largest absolute Gasteiger partial charge is 0.338 e. The fourth-order valence-corrected chi connectivity index (χ4v) is 1.95. The van der Waals surface area contributed by atoms with Gasteiger partial charge in [-0.05, 0) is 24.6 Å². The van der Waals surface area contributed by atoms with Crippen LogP contribution in [0, 0.1) is 5.82 Å². The molecule has 2 N–H and O–H groups in total. The lowest BCUT2D eigenvalue weighted by atomic mass is 10.1. The van der Waals surface area contributed by atoms with Gasteiger partial charge in [0.15, 0.2) is 0 Å². The molecule has 6 heteroatoms. The van der Waals surface area contributed by atoms with E-state index < -0.39 is 6.04 Å². The molecule has 2 rings (SSSR count). The molecule has 0 bridgehead atoms. The normalized spacial score (nSPS) is 11.9. The molecule has 1 aromatic carbocycles. The summed E-state index contributed by atoms with van der Waals surface area (Å²) in [4.78, 5) is 16.0. The highest BCUT2D eigenvalue weighted by molar-refractivity contribution is 5.74. The third-order valence-electron chi connectivity index (χ3n) is 2.93. The molecule has 0 aliphatic heterocycles. The van der Waals surface area contributed by atoms with Gasteiger partial charge in [-0.25, -0.2) is 14.2 Å². The molecular formula is C14H17FN4O. The highest BCUT2D eigenvalue weighted by atomic mass is 19.1. The average molecular weight is 276 g/mol. The van der Waals surface area contributed by atoms with Crippen LogP contribution in [-0.4, -0.2) is 22.1 Å². The molecule has 1 atom stereocenters. The first-order chi connectivity index (χ1) is 9.61. The van der Waals surface area contributed by atoms with Crippen molar-refractivity contribution in [1.82, 2.24) is 20.2 Å². The molecule has 2 aromatic rings. The number of halogens is 1. The summed E-state index contributed by atoms with van der Waals surface area (Å²) in [6.45, 7) is 2.37. The van der Waals surface area contributed by atoms with E-state index >= 15 is 0 Å². The zero-order valence-electron chi connectivity index (χ0n) is 11.4. The molecule has 2 amide bonds. The second kappa shape index (κ2) is 6.18. The number of carbonyl (C=O) groups is 1. The Kier molecular flexibility index (Phi) is 4.34. The van der Waals surface area contributed by atoms with Crippen LogP contribution in [0.5, 0.6) is 0 Å². The van der Waals surface area contributed by atoms with Crippen molar-refractivity contribution in [2.45, 2.75) is 13.0 Å². The van der Waals surface area contributed by atoms with Crippen LogP contribution >= 0.6 is 0 Å². The molecule has 1 heterocycles. The predicted molar refractivity (Wildman–Crippen MR) is 73.7 cm³/mol. The molecule has 0 saturated heterocycles. The third-order valence-corrected chi connectivity index (χ3v) is 2.93. The van der Waals surface area contributed by atoms with Crippen LogP contribution in [0.15, 0.2) is 36.7 Å². The van der Waals surface area contributed by atoms with Gasteiger partial charge in [0.1, 0.15) is 17.7 Å². The quantitative estimate of drug-likeness (QED) is 0.897. The van der Waals surface area contributed by atoms with Gasteiger partial charge in [-0.3, -0.25) is 0 Å². The van der Waals surface area contributed by atoms with Crippen molar-refractivity contribution in [2.75, 3.05) is 6.54 Å². The van der Waals surface area contributed by atoms with Crippen LogP contribution in [-0.2, 0) is 7.05 Å². The number of nitrogens with one attached hydrogen (secondary N) is 2. The second-order valence-electron chi connectivity index (χ2n) is 4.38. The number of aromatic nitrogens is 2. The maximum atomic E-state index is 13.0. The van der Waals surface area contributed by atoms with Gasteiger partial charge < -0.3 is 15.2 Å². The van der Waals surface area contributed by atoms with E-state index in [2.05, 4.69) is 15.6 Å². The number of aryl methyl sites for hydroxylation is 1. The van der Waals surface area contributed by atoms with E-state index in [9.17, 15) is 9.18 Å². The summed E-state index contributed by atoms with van der Waals surface area (Å²) in [5.74, 6) is 0.369. The van der Waals surface area contributed by atoms with Crippen molar-refractivity contribution in [3.63, 3.8) is 0 Å². The predicted octanol–water partition coefficient (Wildman–Crippen LogP) is 1.97. The van der Waals surface area contributed by atoms with Gasteiger partial charge in [0, 0.05) is 26.0 Å². The van der Waals surface area contributed by atoms with Gasteiger partial charge in [0.2, 0.25) is 0 Å². The van der Waals surface area contributed by atoms with Crippen molar-refractivity contribution < 1.29 is 9.18 Å². The average Bonchev–Trinajstić information content (AvgIpc) is 2.84. The summed E-state index contributed by atoms with van der Waals surface area (Å²) in [5.41, 5.74) is 0.770. The van der Waals surface area contributed by atoms with Gasteiger partial charge in [-0.15, -0.1) is 0 Å². The standard InChI is InChI=1S/C14H17FN4O/c1-3-16-14(20)18-12(13-17-8-9-19(13)2)10-4-6-11(15)7-5-10/h4-9,12H,3H2,1-2H3,(H2,16,18,20). The maximum Gasteiger partial charge on any atom is 0.315 e. The van der Waals surface area contributed by atoms with Gasteiger partial charge in [-0.2, -0.15) is 0 Å². The van der Waals surface area contributed by atoms with Gasteiger partial charge in [0.05, 0.1) is 0 Å². The molecule has 0 radical (unpaired) electrons. The maximum absolute atomic E-state index is 13.0. The number of benzene rings is 1. The Hall–Kier alpha value is -2.37. The number of hydrogen-bond acceptors (Lipinski definition) is 2. The molecule has 0 aliphatic rings. The smallest absolute Gasteiger partial charge is 0.315 e. The second-order valence-corrected chi connectivity index (χ2v) is 4.38. The first kappa shape index (κ1) is 14.0. The molecule has 0 spiro atoms. The van der Waals surface area contributed by atoms with E-state index in [0.717, 1.165) is 5.56 Å². The Morgan fingerprint density at radius 3 is 2.65 bits per heavy atom. The highest BCUT2D eigenvalue weighted by Gasteiger charge is 2.20. The number of amides is 2. The van der Waals surface area contributed by atoms with Crippen LogP contribution in [0.25, 0.3) is 0 Å². The van der Waals surface area contributed by atoms with E-state index in [1.807, 2.05) is 18.5 Å². The van der Waals surface area contributed by atoms with Crippen LogP contribution in [0.3, 0.4) is 0 Å².